The molecule has 1 atom stereocenters. The number of para-hydroxylation sites is 1. The number of benzene rings is 4. The lowest BCUT2D eigenvalue weighted by Crippen LogP contribution is -2.28. The maximum Gasteiger partial charge on any atom is 0.416 e. The lowest BCUT2D eigenvalue weighted by molar-refractivity contribution is -0.138. The molecule has 0 saturated heterocycles. The Morgan fingerprint density at radius 2 is 1.50 bits per heavy atom. The summed E-state index contributed by atoms with van der Waals surface area (Å²) in [7, 11) is 0. The molecular formula is C31H25F3N2O2. The molecule has 5 aromatic rings. The van der Waals surface area contributed by atoms with Gasteiger partial charge in [0.15, 0.2) is 0 Å². The molecule has 1 heterocycles. The van der Waals surface area contributed by atoms with Crippen LogP contribution in [0.25, 0.3) is 22.2 Å². The van der Waals surface area contributed by atoms with Gasteiger partial charge in [0.1, 0.15) is 6.17 Å². The predicted molar refractivity (Wildman–Crippen MR) is 142 cm³/mol. The van der Waals surface area contributed by atoms with E-state index in [0.29, 0.717) is 11.1 Å². The summed E-state index contributed by atoms with van der Waals surface area (Å²) in [5, 5.41) is 14.1. The van der Waals surface area contributed by atoms with E-state index in [0.717, 1.165) is 39.9 Å². The number of fused-ring (bicyclic) bond motifs is 1. The molecule has 0 aliphatic rings. The second-order valence-electron chi connectivity index (χ2n) is 9.04. The number of alkyl halides is 3. The summed E-state index contributed by atoms with van der Waals surface area (Å²) in [6, 6.07) is 32.1. The number of carboxylic acids is 1. The average molecular weight is 515 g/mol. The van der Waals surface area contributed by atoms with Gasteiger partial charge in [-0.25, -0.2) is 0 Å². The molecular weight excluding hydrogens is 489 g/mol. The minimum Gasteiger partial charge on any atom is -0.481 e. The second kappa shape index (κ2) is 10.6. The fourth-order valence-electron chi connectivity index (χ4n) is 4.91. The van der Waals surface area contributed by atoms with Crippen LogP contribution in [0.2, 0.25) is 0 Å². The van der Waals surface area contributed by atoms with E-state index in [1.165, 1.54) is 6.07 Å². The number of aliphatic carboxylic acids is 1. The van der Waals surface area contributed by atoms with Crippen LogP contribution in [0.1, 0.15) is 28.4 Å². The van der Waals surface area contributed by atoms with Crippen molar-refractivity contribution in [3.05, 3.63) is 131 Å². The van der Waals surface area contributed by atoms with Crippen LogP contribution in [0, 0.1) is 0 Å². The van der Waals surface area contributed by atoms with E-state index >= 15 is 0 Å². The Morgan fingerprint density at radius 3 is 2.18 bits per heavy atom. The van der Waals surface area contributed by atoms with Crippen LogP contribution in [-0.4, -0.2) is 15.6 Å². The van der Waals surface area contributed by atoms with E-state index in [-0.39, 0.29) is 13.0 Å². The molecule has 5 rings (SSSR count). The van der Waals surface area contributed by atoms with Gasteiger partial charge in [0.25, 0.3) is 0 Å². The van der Waals surface area contributed by atoms with Gasteiger partial charge in [-0.2, -0.15) is 13.2 Å². The zero-order valence-corrected chi connectivity index (χ0v) is 20.3. The Kier molecular flexibility index (Phi) is 7.03. The zero-order valence-electron chi connectivity index (χ0n) is 20.3. The van der Waals surface area contributed by atoms with Crippen molar-refractivity contribution in [1.29, 1.82) is 0 Å². The fraction of sp³-hybridized carbons (Fsp3) is 0.129. The molecule has 7 heteroatoms. The number of rotatable bonds is 8. The molecule has 0 aliphatic heterocycles. The molecule has 4 nitrogen and oxygen atoms in total. The van der Waals surface area contributed by atoms with E-state index in [1.54, 1.807) is 6.07 Å². The van der Waals surface area contributed by atoms with Crippen molar-refractivity contribution in [3.63, 3.8) is 0 Å². The standard InChI is InChI=1S/C31H25F3N2O2/c32-31(33,34)24-15-9-10-21(18-24)20-35-30(23-13-5-2-6-14-23)36-27-17-8-7-16-25(27)26(19-28(37)38)29(36)22-11-3-1-4-12-22/h1-18,30,35H,19-20H2,(H,37,38). The number of aromatic nitrogens is 1. The quantitative estimate of drug-likeness (QED) is 0.229. The minimum absolute atomic E-state index is 0.165. The number of hydrogen-bond acceptors (Lipinski definition) is 2. The summed E-state index contributed by atoms with van der Waals surface area (Å²) >= 11 is 0. The average Bonchev–Trinajstić information content (AvgIpc) is 3.23. The second-order valence-corrected chi connectivity index (χ2v) is 9.04. The first kappa shape index (κ1) is 25.3. The highest BCUT2D eigenvalue weighted by Gasteiger charge is 2.30. The Balaban J connectivity index is 1.70. The van der Waals surface area contributed by atoms with Gasteiger partial charge in [0.05, 0.1) is 23.2 Å². The third kappa shape index (κ3) is 5.19. The predicted octanol–water partition coefficient (Wildman–Crippen LogP) is 7.29. The molecule has 0 fully saturated rings. The van der Waals surface area contributed by atoms with Gasteiger partial charge in [-0.15, -0.1) is 0 Å². The molecule has 2 N–H and O–H groups in total. The zero-order chi connectivity index (χ0) is 26.7. The van der Waals surface area contributed by atoms with Crippen molar-refractivity contribution in [3.8, 4) is 11.3 Å². The number of carbonyl (C=O) groups is 1. The van der Waals surface area contributed by atoms with Gasteiger partial charge < -0.3 is 9.67 Å². The largest absolute Gasteiger partial charge is 0.481 e. The van der Waals surface area contributed by atoms with Crippen molar-refractivity contribution in [2.45, 2.75) is 25.3 Å². The Labute approximate surface area is 218 Å². The van der Waals surface area contributed by atoms with Gasteiger partial charge in [0.2, 0.25) is 0 Å². The smallest absolute Gasteiger partial charge is 0.416 e. The third-order valence-electron chi connectivity index (χ3n) is 6.52. The molecule has 38 heavy (non-hydrogen) atoms. The van der Waals surface area contributed by atoms with Gasteiger partial charge >= 0.3 is 12.1 Å². The number of nitrogens with zero attached hydrogens (tertiary/aromatic N) is 1. The first-order chi connectivity index (χ1) is 18.3. The summed E-state index contributed by atoms with van der Waals surface area (Å²) in [5.74, 6) is -0.946. The van der Waals surface area contributed by atoms with Gasteiger partial charge in [-0.05, 0) is 34.4 Å². The molecule has 0 radical (unpaired) electrons. The lowest BCUT2D eigenvalue weighted by Gasteiger charge is -2.26. The van der Waals surface area contributed by atoms with Crippen LogP contribution >= 0.6 is 0 Å². The Hall–Kier alpha value is -4.36. The topological polar surface area (TPSA) is 54.3 Å². The van der Waals surface area contributed by atoms with Crippen LogP contribution in [0.15, 0.2) is 109 Å². The van der Waals surface area contributed by atoms with Crippen molar-refractivity contribution in [2.75, 3.05) is 0 Å². The molecule has 0 saturated carbocycles. The van der Waals surface area contributed by atoms with Crippen LogP contribution in [0.4, 0.5) is 13.2 Å². The summed E-state index contributed by atoms with van der Waals surface area (Å²) in [4.78, 5) is 12.0. The molecule has 1 aromatic heterocycles. The number of nitrogens with one attached hydrogen (secondary N) is 1. The normalized spacial score (nSPS) is 12.5. The maximum absolute atomic E-state index is 13.3. The van der Waals surface area contributed by atoms with E-state index in [4.69, 9.17) is 0 Å². The number of halogens is 3. The highest BCUT2D eigenvalue weighted by molar-refractivity contribution is 5.95. The first-order valence-electron chi connectivity index (χ1n) is 12.2. The lowest BCUT2D eigenvalue weighted by atomic mass is 10.0. The van der Waals surface area contributed by atoms with Gasteiger partial charge in [-0.1, -0.05) is 97.1 Å². The van der Waals surface area contributed by atoms with E-state index in [1.807, 2.05) is 84.9 Å². The molecule has 4 aromatic carbocycles. The highest BCUT2D eigenvalue weighted by Crippen LogP contribution is 2.38. The number of hydrogen-bond donors (Lipinski definition) is 2. The van der Waals surface area contributed by atoms with E-state index in [2.05, 4.69) is 9.88 Å². The highest BCUT2D eigenvalue weighted by atomic mass is 19.4. The van der Waals surface area contributed by atoms with Crippen molar-refractivity contribution in [2.24, 2.45) is 0 Å². The Morgan fingerprint density at radius 1 is 0.842 bits per heavy atom. The minimum atomic E-state index is -4.43. The van der Waals surface area contributed by atoms with E-state index in [9.17, 15) is 23.1 Å². The van der Waals surface area contributed by atoms with Crippen LogP contribution in [0.3, 0.4) is 0 Å². The number of carboxylic acid groups (broad SMARTS) is 1. The monoisotopic (exact) mass is 514 g/mol. The van der Waals surface area contributed by atoms with Crippen molar-refractivity contribution < 1.29 is 23.1 Å². The first-order valence-corrected chi connectivity index (χ1v) is 12.2. The van der Waals surface area contributed by atoms with Gasteiger partial charge in [0, 0.05) is 11.9 Å². The molecule has 0 spiro atoms. The van der Waals surface area contributed by atoms with E-state index < -0.39 is 23.9 Å². The molecule has 0 aliphatic carbocycles. The maximum atomic E-state index is 13.3. The van der Waals surface area contributed by atoms with Crippen molar-refractivity contribution >= 4 is 16.9 Å². The summed E-state index contributed by atoms with van der Waals surface area (Å²) in [6.45, 7) is 0.165. The molecule has 0 amide bonds. The molecule has 192 valence electrons. The van der Waals surface area contributed by atoms with Gasteiger partial charge in [-0.3, -0.25) is 10.1 Å². The SMILES string of the molecule is O=C(O)Cc1c(-c2ccccc2)n(C(NCc2cccc(C(F)(F)F)c2)c2ccccc2)c2ccccc12. The van der Waals surface area contributed by atoms with Crippen LogP contribution < -0.4 is 5.32 Å². The van der Waals surface area contributed by atoms with Crippen molar-refractivity contribution in [1.82, 2.24) is 9.88 Å². The Bertz CT molecular complexity index is 1560. The fourth-order valence-corrected chi connectivity index (χ4v) is 4.91. The summed E-state index contributed by atoms with van der Waals surface area (Å²) in [5.41, 5.74) is 3.78. The third-order valence-corrected chi connectivity index (χ3v) is 6.52. The van der Waals surface area contributed by atoms with Crippen LogP contribution in [-0.2, 0) is 23.9 Å². The van der Waals surface area contributed by atoms with Crippen LogP contribution in [0.5, 0.6) is 0 Å². The molecule has 0 bridgehead atoms. The summed E-state index contributed by atoms with van der Waals surface area (Å²) < 4.78 is 42.1. The molecule has 1 unspecified atom stereocenters. The summed E-state index contributed by atoms with van der Waals surface area (Å²) in [6.07, 6.45) is -5.10.